The van der Waals surface area contributed by atoms with Crippen molar-refractivity contribution in [2.75, 3.05) is 30.8 Å². The molecule has 2 saturated heterocycles. The normalized spacial score (nSPS) is 17.5. The number of fused-ring (bicyclic) bond motifs is 1. The lowest BCUT2D eigenvalue weighted by Gasteiger charge is -2.30. The van der Waals surface area contributed by atoms with Crippen LogP contribution in [0.5, 0.6) is 0 Å². The fourth-order valence-electron chi connectivity index (χ4n) is 6.71. The Morgan fingerprint density at radius 2 is 1.50 bits per heavy atom. The number of nitrogens with one attached hydrogen (secondary N) is 3. The molecule has 0 unspecified atom stereocenters. The van der Waals surface area contributed by atoms with Crippen molar-refractivity contribution in [3.63, 3.8) is 0 Å². The number of carbonyl (C=O) groups excluding carboxylic acids is 5. The lowest BCUT2D eigenvalue weighted by molar-refractivity contribution is -0.139. The van der Waals surface area contributed by atoms with Gasteiger partial charge in [-0.3, -0.25) is 24.5 Å². The van der Waals surface area contributed by atoms with E-state index in [0.717, 1.165) is 28.5 Å². The van der Waals surface area contributed by atoms with Gasteiger partial charge in [-0.05, 0) is 67.0 Å². The molecule has 4 aromatic rings. The second-order valence-electron chi connectivity index (χ2n) is 13.3. The highest BCUT2D eigenvalue weighted by molar-refractivity contribution is 5.99. The van der Waals surface area contributed by atoms with Gasteiger partial charge in [0, 0.05) is 36.4 Å². The Kier molecular flexibility index (Phi) is 11.0. The number of rotatable bonds is 10. The second kappa shape index (κ2) is 16.0. The topological polar surface area (TPSA) is 176 Å². The molecule has 3 N–H and O–H groups in total. The summed E-state index contributed by atoms with van der Waals surface area (Å²) in [6.45, 7) is 4.58. The van der Waals surface area contributed by atoms with E-state index >= 15 is 0 Å². The Balaban J connectivity index is 1.07. The zero-order chi connectivity index (χ0) is 36.8. The van der Waals surface area contributed by atoms with Gasteiger partial charge < -0.3 is 25.2 Å². The van der Waals surface area contributed by atoms with Crippen LogP contribution >= 0.6 is 0 Å². The third-order valence-corrected chi connectivity index (χ3v) is 9.46. The van der Waals surface area contributed by atoms with E-state index in [1.165, 1.54) is 12.0 Å². The number of anilines is 2. The third-order valence-electron chi connectivity index (χ3n) is 9.46. The maximum atomic E-state index is 13.4. The predicted octanol–water partition coefficient (Wildman–Crippen LogP) is 4.17. The van der Waals surface area contributed by atoms with E-state index in [1.807, 2.05) is 68.4 Å². The van der Waals surface area contributed by atoms with E-state index < -0.39 is 24.2 Å². The molecule has 2 aliphatic heterocycles. The molecule has 6 rings (SSSR count). The standard InChI is InChI=1S/C38H42N8O6/c1-23(2)33(43-38(51)52-3)36(50)46-18-8-12-30(46)34(48)42-31-16-14-26-20-25(13-15-28(26)41-31)27-21-39-37(40-22-27)44-35(49)29-11-7-17-45(29)32(47)19-24-9-5-4-6-10-24/h4-6,9-10,13-16,20-23,29-30,33H,7-8,11-12,17-19H2,1-3H3,(H,43,51)(H,41,42,48)(H,39,40,44,49)/t29-,30-,33-/m0/s1. The van der Waals surface area contributed by atoms with Crippen molar-refractivity contribution < 1.29 is 28.7 Å². The molecule has 0 radical (unpaired) electrons. The van der Waals surface area contributed by atoms with E-state index in [-0.39, 0.29) is 41.9 Å². The van der Waals surface area contributed by atoms with E-state index in [9.17, 15) is 24.0 Å². The van der Waals surface area contributed by atoms with Crippen LogP contribution in [-0.2, 0) is 30.3 Å². The molecule has 14 heteroatoms. The summed E-state index contributed by atoms with van der Waals surface area (Å²) in [4.78, 5) is 81.1. The van der Waals surface area contributed by atoms with Gasteiger partial charge >= 0.3 is 6.09 Å². The molecule has 2 fully saturated rings. The van der Waals surface area contributed by atoms with Crippen LogP contribution < -0.4 is 16.0 Å². The Labute approximate surface area is 301 Å². The molecular weight excluding hydrogens is 664 g/mol. The van der Waals surface area contributed by atoms with Gasteiger partial charge in [-0.1, -0.05) is 50.2 Å². The Morgan fingerprint density at radius 1 is 0.827 bits per heavy atom. The lowest BCUT2D eigenvalue weighted by atomic mass is 10.0. The molecule has 14 nitrogen and oxygen atoms in total. The first-order chi connectivity index (χ1) is 25.1. The summed E-state index contributed by atoms with van der Waals surface area (Å²) in [6, 6.07) is 16.6. The van der Waals surface area contributed by atoms with Crippen molar-refractivity contribution >= 4 is 52.4 Å². The van der Waals surface area contributed by atoms with E-state index in [0.29, 0.717) is 43.7 Å². The molecule has 3 atom stereocenters. The highest BCUT2D eigenvalue weighted by Gasteiger charge is 2.39. The highest BCUT2D eigenvalue weighted by atomic mass is 16.5. The number of benzene rings is 2. The molecule has 0 spiro atoms. The van der Waals surface area contributed by atoms with E-state index in [1.54, 1.807) is 23.4 Å². The van der Waals surface area contributed by atoms with Gasteiger partial charge in [0.1, 0.15) is 23.9 Å². The predicted molar refractivity (Wildman–Crippen MR) is 194 cm³/mol. The fraction of sp³-hybridized carbons (Fsp3) is 0.368. The maximum absolute atomic E-state index is 13.4. The molecule has 0 bridgehead atoms. The van der Waals surface area contributed by atoms with Gasteiger partial charge in [-0.2, -0.15) is 0 Å². The summed E-state index contributed by atoms with van der Waals surface area (Å²) in [7, 11) is 1.24. The fourth-order valence-corrected chi connectivity index (χ4v) is 6.71. The van der Waals surface area contributed by atoms with Gasteiger partial charge in [-0.25, -0.2) is 19.7 Å². The number of carbonyl (C=O) groups is 5. The summed E-state index contributed by atoms with van der Waals surface area (Å²) in [5, 5.41) is 9.03. The molecule has 2 aromatic carbocycles. The van der Waals surface area contributed by atoms with Crippen molar-refractivity contribution in [3.05, 3.63) is 78.6 Å². The average Bonchev–Trinajstić information content (AvgIpc) is 3.85. The first-order valence-corrected chi connectivity index (χ1v) is 17.4. The molecule has 2 aromatic heterocycles. The number of hydrogen-bond donors (Lipinski definition) is 3. The van der Waals surface area contributed by atoms with Crippen LogP contribution in [0.15, 0.2) is 73.1 Å². The molecule has 5 amide bonds. The number of likely N-dealkylation sites (tertiary alicyclic amines) is 2. The smallest absolute Gasteiger partial charge is 0.407 e. The van der Waals surface area contributed by atoms with Gasteiger partial charge in [0.05, 0.1) is 19.0 Å². The zero-order valence-corrected chi connectivity index (χ0v) is 29.4. The minimum atomic E-state index is -0.820. The van der Waals surface area contributed by atoms with E-state index in [4.69, 9.17) is 0 Å². The number of amides is 5. The summed E-state index contributed by atoms with van der Waals surface area (Å²) >= 11 is 0. The molecule has 0 saturated carbocycles. The van der Waals surface area contributed by atoms with Gasteiger partial charge in [0.2, 0.25) is 29.6 Å². The van der Waals surface area contributed by atoms with Crippen LogP contribution in [0.4, 0.5) is 16.6 Å². The maximum Gasteiger partial charge on any atom is 0.407 e. The van der Waals surface area contributed by atoms with Crippen molar-refractivity contribution in [1.29, 1.82) is 0 Å². The summed E-state index contributed by atoms with van der Waals surface area (Å²) in [6.07, 6.45) is 5.27. The highest BCUT2D eigenvalue weighted by Crippen LogP contribution is 2.26. The number of nitrogens with zero attached hydrogens (tertiary/aromatic N) is 5. The first-order valence-electron chi connectivity index (χ1n) is 17.4. The zero-order valence-electron chi connectivity index (χ0n) is 29.4. The molecule has 270 valence electrons. The van der Waals surface area contributed by atoms with E-state index in [2.05, 4.69) is 35.6 Å². The van der Waals surface area contributed by atoms with Gasteiger partial charge in [-0.15, -0.1) is 0 Å². The van der Waals surface area contributed by atoms with Crippen LogP contribution in [0.1, 0.15) is 45.1 Å². The van der Waals surface area contributed by atoms with Gasteiger partial charge in [0.15, 0.2) is 0 Å². The molecular formula is C38H42N8O6. The second-order valence-corrected chi connectivity index (χ2v) is 13.3. The quantitative estimate of drug-likeness (QED) is 0.219. The van der Waals surface area contributed by atoms with Crippen LogP contribution in [-0.4, -0.2) is 92.8 Å². The lowest BCUT2D eigenvalue weighted by Crippen LogP contribution is -2.54. The summed E-state index contributed by atoms with van der Waals surface area (Å²) < 4.78 is 4.68. The van der Waals surface area contributed by atoms with Crippen molar-refractivity contribution in [3.8, 4) is 11.1 Å². The molecule has 4 heterocycles. The summed E-state index contributed by atoms with van der Waals surface area (Å²) in [5.41, 5.74) is 3.11. The number of hydrogen-bond acceptors (Lipinski definition) is 9. The Hall–Kier alpha value is -5.92. The average molecular weight is 707 g/mol. The number of ether oxygens (including phenoxy) is 1. The van der Waals surface area contributed by atoms with Crippen molar-refractivity contribution in [1.82, 2.24) is 30.1 Å². The largest absolute Gasteiger partial charge is 0.453 e. The van der Waals surface area contributed by atoms with Crippen LogP contribution in [0.25, 0.3) is 22.0 Å². The van der Waals surface area contributed by atoms with Crippen molar-refractivity contribution in [2.45, 2.75) is 64.1 Å². The van der Waals surface area contributed by atoms with Gasteiger partial charge in [0.25, 0.3) is 0 Å². The summed E-state index contributed by atoms with van der Waals surface area (Å²) in [5.74, 6) is -0.774. The number of methoxy groups -OCH3 is 1. The first kappa shape index (κ1) is 35.9. The molecule has 52 heavy (non-hydrogen) atoms. The number of pyridine rings is 1. The van der Waals surface area contributed by atoms with Crippen LogP contribution in [0.3, 0.4) is 0 Å². The van der Waals surface area contributed by atoms with Crippen LogP contribution in [0, 0.1) is 5.92 Å². The third kappa shape index (κ3) is 8.17. The number of aromatic nitrogens is 3. The van der Waals surface area contributed by atoms with Crippen molar-refractivity contribution in [2.24, 2.45) is 5.92 Å². The monoisotopic (exact) mass is 706 g/mol. The SMILES string of the molecule is COC(=O)N[C@H](C(=O)N1CCC[C@H]1C(=O)Nc1ccc2cc(-c3cnc(NC(=O)[C@@H]4CCCN4C(=O)Cc4ccccc4)nc3)ccc2n1)C(C)C. The minimum Gasteiger partial charge on any atom is -0.453 e. The minimum absolute atomic E-state index is 0.0843. The number of alkyl carbamates (subject to hydrolysis) is 1. The Morgan fingerprint density at radius 3 is 2.19 bits per heavy atom. The molecule has 0 aliphatic carbocycles. The molecule has 2 aliphatic rings. The Bertz CT molecular complexity index is 1950. The van der Waals surface area contributed by atoms with Crippen LogP contribution in [0.2, 0.25) is 0 Å².